The summed E-state index contributed by atoms with van der Waals surface area (Å²) in [5.74, 6) is 0. The summed E-state index contributed by atoms with van der Waals surface area (Å²) in [5, 5.41) is 0. The Morgan fingerprint density at radius 2 is 1.76 bits per heavy atom. The van der Waals surface area contributed by atoms with Crippen LogP contribution in [0.25, 0.3) is 0 Å². The maximum absolute atomic E-state index is 12.4. The van der Waals surface area contributed by atoms with Gasteiger partial charge in [0.05, 0.1) is 11.5 Å². The molecule has 0 bridgehead atoms. The summed E-state index contributed by atoms with van der Waals surface area (Å²) >= 11 is 0. The fourth-order valence-electron chi connectivity index (χ4n) is 3.22. The molecule has 1 saturated heterocycles. The van der Waals surface area contributed by atoms with Crippen molar-refractivity contribution in [3.63, 3.8) is 0 Å². The number of rotatable bonds is 6. The van der Waals surface area contributed by atoms with Crippen molar-refractivity contribution in [2.45, 2.75) is 43.7 Å². The molecule has 134 valence electrons. The van der Waals surface area contributed by atoms with Crippen molar-refractivity contribution in [3.05, 3.63) is 65.7 Å². The Labute approximate surface area is 150 Å². The smallest absolute Gasteiger partial charge is 0.294 e. The minimum absolute atomic E-state index is 0.133. The Bertz CT molecular complexity index is 772. The number of nitrogens with zero attached hydrogens (tertiary/aromatic N) is 1. The Morgan fingerprint density at radius 3 is 2.48 bits per heavy atom. The van der Waals surface area contributed by atoms with Gasteiger partial charge in [-0.2, -0.15) is 8.42 Å². The van der Waals surface area contributed by atoms with Crippen LogP contribution in [0.1, 0.15) is 30.4 Å². The lowest BCUT2D eigenvalue weighted by Crippen LogP contribution is -2.42. The highest BCUT2D eigenvalue weighted by Crippen LogP contribution is 2.22. The minimum Gasteiger partial charge on any atom is -0.294 e. The van der Waals surface area contributed by atoms with Crippen LogP contribution in [0.3, 0.4) is 0 Å². The third-order valence-corrected chi connectivity index (χ3v) is 6.00. The first kappa shape index (κ1) is 18.1. The average molecular weight is 359 g/mol. The molecule has 1 fully saturated rings. The summed E-state index contributed by atoms with van der Waals surface area (Å²) in [6.07, 6.45) is 3.23. The average Bonchev–Trinajstić information content (AvgIpc) is 2.62. The van der Waals surface area contributed by atoms with Gasteiger partial charge in [0.25, 0.3) is 10.1 Å². The lowest BCUT2D eigenvalue weighted by Gasteiger charge is -2.35. The molecule has 0 saturated carbocycles. The summed E-state index contributed by atoms with van der Waals surface area (Å²) in [6.45, 7) is 3.96. The van der Waals surface area contributed by atoms with E-state index < -0.39 is 10.1 Å². The highest BCUT2D eigenvalue weighted by Gasteiger charge is 2.25. The van der Waals surface area contributed by atoms with Crippen molar-refractivity contribution in [2.24, 2.45) is 0 Å². The first-order valence-electron chi connectivity index (χ1n) is 8.79. The predicted molar refractivity (Wildman–Crippen MR) is 98.8 cm³/mol. The van der Waals surface area contributed by atoms with Crippen LogP contribution < -0.4 is 0 Å². The lowest BCUT2D eigenvalue weighted by atomic mass is 10.0. The van der Waals surface area contributed by atoms with Gasteiger partial charge in [0.1, 0.15) is 0 Å². The van der Waals surface area contributed by atoms with E-state index in [1.807, 2.05) is 25.1 Å². The van der Waals surface area contributed by atoms with E-state index >= 15 is 0 Å². The van der Waals surface area contributed by atoms with Gasteiger partial charge in [0.2, 0.25) is 0 Å². The SMILES string of the molecule is Cc1ccc(S(=O)(=O)OC[C@H]2CCCCN2Cc2ccccc2)cc1. The summed E-state index contributed by atoms with van der Waals surface area (Å²) < 4.78 is 30.2. The predicted octanol–water partition coefficient (Wildman–Crippen LogP) is 3.76. The first-order valence-corrected chi connectivity index (χ1v) is 10.2. The van der Waals surface area contributed by atoms with Gasteiger partial charge in [-0.15, -0.1) is 0 Å². The number of aryl methyl sites for hydroxylation is 1. The Morgan fingerprint density at radius 1 is 1.04 bits per heavy atom. The van der Waals surface area contributed by atoms with Crippen LogP contribution in [0.4, 0.5) is 0 Å². The molecule has 0 amide bonds. The molecule has 5 heteroatoms. The minimum atomic E-state index is -3.70. The molecule has 25 heavy (non-hydrogen) atoms. The zero-order valence-corrected chi connectivity index (χ0v) is 15.4. The summed E-state index contributed by atoms with van der Waals surface area (Å²) in [4.78, 5) is 2.56. The standard InChI is InChI=1S/C20H25NO3S/c1-17-10-12-20(13-11-17)25(22,23)24-16-19-9-5-6-14-21(19)15-18-7-3-2-4-8-18/h2-4,7-8,10-13,19H,5-6,9,14-16H2,1H3/t19-/m1/s1. The molecule has 0 N–H and O–H groups in total. The van der Waals surface area contributed by atoms with Gasteiger partial charge in [-0.25, -0.2) is 0 Å². The van der Waals surface area contributed by atoms with Gasteiger partial charge < -0.3 is 0 Å². The Kier molecular flexibility index (Phi) is 5.89. The van der Waals surface area contributed by atoms with Crippen molar-refractivity contribution in [3.8, 4) is 0 Å². The molecule has 1 atom stereocenters. The van der Waals surface area contributed by atoms with Gasteiger partial charge in [0.15, 0.2) is 0 Å². The van der Waals surface area contributed by atoms with E-state index in [0.29, 0.717) is 0 Å². The van der Waals surface area contributed by atoms with Crippen LogP contribution in [0.5, 0.6) is 0 Å². The van der Waals surface area contributed by atoms with Crippen LogP contribution >= 0.6 is 0 Å². The van der Waals surface area contributed by atoms with Crippen molar-refractivity contribution >= 4 is 10.1 Å². The molecule has 4 nitrogen and oxygen atoms in total. The van der Waals surface area contributed by atoms with Crippen LogP contribution in [0.2, 0.25) is 0 Å². The molecule has 0 unspecified atom stereocenters. The molecular weight excluding hydrogens is 334 g/mol. The summed E-state index contributed by atoms with van der Waals surface area (Å²) in [6, 6.07) is 17.2. The second kappa shape index (κ2) is 8.13. The zero-order chi connectivity index (χ0) is 17.7. The second-order valence-corrected chi connectivity index (χ2v) is 8.27. The largest absolute Gasteiger partial charge is 0.297 e. The number of piperidine rings is 1. The monoisotopic (exact) mass is 359 g/mol. The fraction of sp³-hybridized carbons (Fsp3) is 0.400. The lowest BCUT2D eigenvalue weighted by molar-refractivity contribution is 0.0957. The van der Waals surface area contributed by atoms with E-state index in [1.165, 1.54) is 5.56 Å². The van der Waals surface area contributed by atoms with Crippen LogP contribution in [0, 0.1) is 6.92 Å². The van der Waals surface area contributed by atoms with Crippen LogP contribution in [-0.2, 0) is 20.8 Å². The van der Waals surface area contributed by atoms with Crippen molar-refractivity contribution in [1.29, 1.82) is 0 Å². The Balaban J connectivity index is 1.64. The highest BCUT2D eigenvalue weighted by atomic mass is 32.2. The maximum atomic E-state index is 12.4. The molecule has 0 radical (unpaired) electrons. The second-order valence-electron chi connectivity index (χ2n) is 6.66. The van der Waals surface area contributed by atoms with Crippen molar-refractivity contribution in [2.75, 3.05) is 13.2 Å². The number of hydrogen-bond acceptors (Lipinski definition) is 4. The summed E-state index contributed by atoms with van der Waals surface area (Å²) in [7, 11) is -3.70. The summed E-state index contributed by atoms with van der Waals surface area (Å²) in [5.41, 5.74) is 2.27. The third-order valence-electron chi connectivity index (χ3n) is 4.70. The molecule has 1 heterocycles. The van der Waals surface area contributed by atoms with E-state index in [-0.39, 0.29) is 17.5 Å². The fourth-order valence-corrected chi connectivity index (χ4v) is 4.16. The zero-order valence-electron chi connectivity index (χ0n) is 14.6. The number of benzene rings is 2. The molecule has 0 spiro atoms. The molecule has 1 aliphatic rings. The molecule has 1 aliphatic heterocycles. The van der Waals surface area contributed by atoms with Crippen molar-refractivity contribution in [1.82, 2.24) is 4.90 Å². The quantitative estimate of drug-likeness (QED) is 0.737. The third kappa shape index (κ3) is 4.91. The molecule has 3 rings (SSSR count). The van der Waals surface area contributed by atoms with E-state index in [1.54, 1.807) is 24.3 Å². The van der Waals surface area contributed by atoms with Gasteiger partial charge in [-0.3, -0.25) is 9.08 Å². The number of hydrogen-bond donors (Lipinski definition) is 0. The number of likely N-dealkylation sites (tertiary alicyclic amines) is 1. The van der Waals surface area contributed by atoms with Gasteiger partial charge in [0, 0.05) is 12.6 Å². The topological polar surface area (TPSA) is 46.6 Å². The van der Waals surface area contributed by atoms with E-state index in [2.05, 4.69) is 17.0 Å². The van der Waals surface area contributed by atoms with E-state index in [9.17, 15) is 8.42 Å². The highest BCUT2D eigenvalue weighted by molar-refractivity contribution is 7.86. The van der Waals surface area contributed by atoms with E-state index in [4.69, 9.17) is 4.18 Å². The van der Waals surface area contributed by atoms with Crippen molar-refractivity contribution < 1.29 is 12.6 Å². The Hall–Kier alpha value is -1.69. The molecule has 2 aromatic rings. The van der Waals surface area contributed by atoms with Gasteiger partial charge in [-0.05, 0) is 44.0 Å². The normalized spacial score (nSPS) is 19.0. The van der Waals surface area contributed by atoms with Crippen LogP contribution in [-0.4, -0.2) is 32.5 Å². The van der Waals surface area contributed by atoms with Gasteiger partial charge in [-0.1, -0.05) is 54.4 Å². The van der Waals surface area contributed by atoms with E-state index in [0.717, 1.165) is 37.9 Å². The molecule has 0 aromatic heterocycles. The first-order chi connectivity index (χ1) is 12.0. The van der Waals surface area contributed by atoms with Gasteiger partial charge >= 0.3 is 0 Å². The maximum Gasteiger partial charge on any atom is 0.297 e. The molecule has 0 aliphatic carbocycles. The van der Waals surface area contributed by atoms with Crippen LogP contribution in [0.15, 0.2) is 59.5 Å². The molecule has 2 aromatic carbocycles. The molecular formula is C20H25NO3S.